The number of piperazine rings is 1. The molecule has 1 fully saturated rings. The van der Waals surface area contributed by atoms with Gasteiger partial charge in [0.1, 0.15) is 11.1 Å². The van der Waals surface area contributed by atoms with Crippen LogP contribution in [-0.4, -0.2) is 63.1 Å². The first-order valence-corrected chi connectivity index (χ1v) is 13.5. The van der Waals surface area contributed by atoms with Gasteiger partial charge in [0.15, 0.2) is 0 Å². The van der Waals surface area contributed by atoms with Crippen LogP contribution >= 0.6 is 11.6 Å². The van der Waals surface area contributed by atoms with Crippen LogP contribution in [0, 0.1) is 0 Å². The molecule has 0 unspecified atom stereocenters. The van der Waals surface area contributed by atoms with Gasteiger partial charge in [-0.05, 0) is 49.7 Å². The average molecular weight is 535 g/mol. The highest BCUT2D eigenvalue weighted by atomic mass is 35.5. The van der Waals surface area contributed by atoms with Crippen molar-refractivity contribution in [2.75, 3.05) is 61.5 Å². The summed E-state index contributed by atoms with van der Waals surface area (Å²) in [7, 11) is 1.69. The average Bonchev–Trinajstić information content (AvgIpc) is 2.97. The van der Waals surface area contributed by atoms with E-state index < -0.39 is 5.38 Å². The van der Waals surface area contributed by atoms with Gasteiger partial charge in [-0.1, -0.05) is 42.5 Å². The molecule has 3 aromatic rings. The molecular formula is C30H35ClN4O3. The van der Waals surface area contributed by atoms with E-state index in [2.05, 4.69) is 21.2 Å². The molecule has 1 saturated heterocycles. The maximum absolute atomic E-state index is 13.6. The molecule has 0 aromatic heterocycles. The minimum atomic E-state index is -0.833. The van der Waals surface area contributed by atoms with Crippen LogP contribution < -0.4 is 19.9 Å². The lowest BCUT2D eigenvalue weighted by molar-refractivity contribution is -0.116. The van der Waals surface area contributed by atoms with Gasteiger partial charge in [-0.3, -0.25) is 9.59 Å². The SMILES string of the molecule is CCN(CC)C(=O)c1cc(NC(=O)[C@@H](Cl)c2ccccc2)ccc1N1CCN(c2ccccc2OC)CC1. The Bertz CT molecular complexity index is 1240. The van der Waals surface area contributed by atoms with Crippen LogP contribution in [-0.2, 0) is 4.79 Å². The summed E-state index contributed by atoms with van der Waals surface area (Å²) in [6.07, 6.45) is 0. The van der Waals surface area contributed by atoms with Crippen LogP contribution in [0.15, 0.2) is 72.8 Å². The number of nitrogens with one attached hydrogen (secondary N) is 1. The third-order valence-electron chi connectivity index (χ3n) is 6.91. The molecule has 0 bridgehead atoms. The molecule has 1 N–H and O–H groups in total. The van der Waals surface area contributed by atoms with Crippen molar-refractivity contribution in [1.29, 1.82) is 0 Å². The standard InChI is InChI=1S/C30H35ClN4O3/c1-4-33(5-2)30(37)24-21-23(32-29(36)28(31)22-11-7-6-8-12-22)15-16-25(24)34-17-19-35(20-18-34)26-13-9-10-14-27(26)38-3/h6-16,21,28H,4-5,17-20H2,1-3H3,(H,32,36)/t28-/m0/s1. The van der Waals surface area contributed by atoms with E-state index in [1.807, 2.05) is 74.5 Å². The number of para-hydroxylation sites is 2. The fourth-order valence-corrected chi connectivity index (χ4v) is 5.00. The van der Waals surface area contributed by atoms with Crippen molar-refractivity contribution in [1.82, 2.24) is 4.90 Å². The lowest BCUT2D eigenvalue weighted by Gasteiger charge is -2.38. The van der Waals surface area contributed by atoms with E-state index in [0.717, 1.165) is 48.9 Å². The first-order valence-electron chi connectivity index (χ1n) is 13.0. The van der Waals surface area contributed by atoms with E-state index in [4.69, 9.17) is 16.3 Å². The lowest BCUT2D eigenvalue weighted by Crippen LogP contribution is -2.47. The van der Waals surface area contributed by atoms with Crippen LogP contribution in [0.5, 0.6) is 5.75 Å². The number of hydrogen-bond acceptors (Lipinski definition) is 5. The summed E-state index contributed by atoms with van der Waals surface area (Å²) in [5.74, 6) is 0.461. The molecule has 8 heteroatoms. The Hall–Kier alpha value is -3.71. The minimum absolute atomic E-state index is 0.0567. The number of carbonyl (C=O) groups excluding carboxylic acids is 2. The molecule has 0 aliphatic carbocycles. The molecule has 0 saturated carbocycles. The third-order valence-corrected chi connectivity index (χ3v) is 7.36. The van der Waals surface area contributed by atoms with Gasteiger partial charge < -0.3 is 24.8 Å². The fraction of sp³-hybridized carbons (Fsp3) is 0.333. The maximum atomic E-state index is 13.6. The summed E-state index contributed by atoms with van der Waals surface area (Å²) in [6, 6.07) is 22.8. The number of carbonyl (C=O) groups is 2. The zero-order valence-corrected chi connectivity index (χ0v) is 22.9. The highest BCUT2D eigenvalue weighted by Gasteiger charge is 2.26. The Kier molecular flexibility index (Phi) is 9.13. The number of ether oxygens (including phenoxy) is 1. The van der Waals surface area contributed by atoms with Crippen LogP contribution in [0.2, 0.25) is 0 Å². The molecule has 1 aliphatic heterocycles. The van der Waals surface area contributed by atoms with E-state index in [-0.39, 0.29) is 11.8 Å². The van der Waals surface area contributed by atoms with E-state index in [1.165, 1.54) is 0 Å². The molecular weight excluding hydrogens is 500 g/mol. The Balaban J connectivity index is 1.56. The molecule has 1 aliphatic rings. The van der Waals surface area contributed by atoms with Crippen molar-refractivity contribution < 1.29 is 14.3 Å². The first kappa shape index (κ1) is 27.3. The smallest absolute Gasteiger partial charge is 0.256 e. The number of hydrogen-bond donors (Lipinski definition) is 1. The zero-order valence-electron chi connectivity index (χ0n) is 22.2. The molecule has 1 heterocycles. The van der Waals surface area contributed by atoms with E-state index in [9.17, 15) is 9.59 Å². The van der Waals surface area contributed by atoms with E-state index >= 15 is 0 Å². The molecule has 38 heavy (non-hydrogen) atoms. The monoisotopic (exact) mass is 534 g/mol. The van der Waals surface area contributed by atoms with Gasteiger partial charge in [0.25, 0.3) is 5.91 Å². The third kappa shape index (κ3) is 6.05. The highest BCUT2D eigenvalue weighted by Crippen LogP contribution is 2.32. The second-order valence-corrected chi connectivity index (χ2v) is 9.55. The highest BCUT2D eigenvalue weighted by molar-refractivity contribution is 6.32. The first-order chi connectivity index (χ1) is 18.5. The number of amides is 2. The minimum Gasteiger partial charge on any atom is -0.495 e. The second kappa shape index (κ2) is 12.7. The predicted molar refractivity (Wildman–Crippen MR) is 155 cm³/mol. The Morgan fingerprint density at radius 1 is 0.895 bits per heavy atom. The lowest BCUT2D eigenvalue weighted by atomic mass is 10.1. The van der Waals surface area contributed by atoms with Crippen molar-refractivity contribution in [3.05, 3.63) is 83.9 Å². The number of benzene rings is 3. The Morgan fingerprint density at radius 3 is 2.13 bits per heavy atom. The number of alkyl halides is 1. The maximum Gasteiger partial charge on any atom is 0.256 e. The van der Waals surface area contributed by atoms with Crippen LogP contribution in [0.3, 0.4) is 0 Å². The second-order valence-electron chi connectivity index (χ2n) is 9.12. The van der Waals surface area contributed by atoms with Gasteiger partial charge in [-0.15, -0.1) is 11.6 Å². The van der Waals surface area contributed by atoms with Gasteiger partial charge in [0.05, 0.1) is 18.4 Å². The van der Waals surface area contributed by atoms with Crippen LogP contribution in [0.25, 0.3) is 0 Å². The van der Waals surface area contributed by atoms with E-state index in [1.54, 1.807) is 18.1 Å². The number of nitrogens with zero attached hydrogens (tertiary/aromatic N) is 3. The topological polar surface area (TPSA) is 65.1 Å². The van der Waals surface area contributed by atoms with Crippen molar-refractivity contribution >= 4 is 40.5 Å². The largest absolute Gasteiger partial charge is 0.495 e. The molecule has 2 amide bonds. The summed E-state index contributed by atoms with van der Waals surface area (Å²) in [5, 5.41) is 2.07. The number of anilines is 3. The van der Waals surface area contributed by atoms with Crippen LogP contribution in [0.1, 0.15) is 35.1 Å². The zero-order chi connectivity index (χ0) is 27.1. The summed E-state index contributed by atoms with van der Waals surface area (Å²) in [6.45, 7) is 8.23. The van der Waals surface area contributed by atoms with Gasteiger partial charge in [-0.25, -0.2) is 0 Å². The Labute approximate surface area is 229 Å². The summed E-state index contributed by atoms with van der Waals surface area (Å²) < 4.78 is 5.55. The number of methoxy groups -OCH3 is 1. The van der Waals surface area contributed by atoms with Crippen molar-refractivity contribution in [3.8, 4) is 5.75 Å². The number of halogens is 1. The quantitative estimate of drug-likeness (QED) is 0.371. The van der Waals surface area contributed by atoms with Crippen LogP contribution in [0.4, 0.5) is 17.1 Å². The van der Waals surface area contributed by atoms with Crippen molar-refractivity contribution in [2.24, 2.45) is 0 Å². The summed E-state index contributed by atoms with van der Waals surface area (Å²) in [4.78, 5) is 32.8. The van der Waals surface area contributed by atoms with Gasteiger partial charge in [0.2, 0.25) is 5.91 Å². The summed E-state index contributed by atoms with van der Waals surface area (Å²) in [5.41, 5.74) is 3.77. The molecule has 0 radical (unpaired) electrons. The van der Waals surface area contributed by atoms with Gasteiger partial charge in [0, 0.05) is 50.6 Å². The summed E-state index contributed by atoms with van der Waals surface area (Å²) >= 11 is 6.43. The number of rotatable bonds is 9. The molecule has 0 spiro atoms. The molecule has 3 aromatic carbocycles. The van der Waals surface area contributed by atoms with Crippen molar-refractivity contribution in [2.45, 2.75) is 19.2 Å². The van der Waals surface area contributed by atoms with Gasteiger partial charge >= 0.3 is 0 Å². The normalized spacial score (nSPS) is 14.1. The molecule has 4 rings (SSSR count). The molecule has 200 valence electrons. The molecule has 1 atom stereocenters. The van der Waals surface area contributed by atoms with Gasteiger partial charge in [-0.2, -0.15) is 0 Å². The predicted octanol–water partition coefficient (Wildman–Crippen LogP) is 5.42. The molecule has 7 nitrogen and oxygen atoms in total. The van der Waals surface area contributed by atoms with E-state index in [0.29, 0.717) is 24.3 Å². The van der Waals surface area contributed by atoms with Crippen molar-refractivity contribution in [3.63, 3.8) is 0 Å². The Morgan fingerprint density at radius 2 is 1.50 bits per heavy atom. The fourth-order valence-electron chi connectivity index (χ4n) is 4.80.